The van der Waals surface area contributed by atoms with Crippen LogP contribution in [0.25, 0.3) is 0 Å². The van der Waals surface area contributed by atoms with E-state index in [0.717, 1.165) is 24.3 Å². The number of rotatable bonds is 1. The quantitative estimate of drug-likeness (QED) is 0.721. The predicted molar refractivity (Wildman–Crippen MR) is 63.3 cm³/mol. The molecule has 0 bridgehead atoms. The van der Waals surface area contributed by atoms with E-state index in [1.54, 1.807) is 0 Å². The van der Waals surface area contributed by atoms with Gasteiger partial charge in [-0.05, 0) is 42.9 Å². The van der Waals surface area contributed by atoms with Crippen molar-refractivity contribution in [1.29, 1.82) is 0 Å². The van der Waals surface area contributed by atoms with Crippen molar-refractivity contribution in [2.45, 2.75) is 44.1 Å². The molecule has 0 amide bonds. The second-order valence-corrected chi connectivity index (χ2v) is 4.86. The topological polar surface area (TPSA) is 20.2 Å². The highest BCUT2D eigenvalue weighted by molar-refractivity contribution is 6.30. The van der Waals surface area contributed by atoms with Gasteiger partial charge >= 0.3 is 0 Å². The molecule has 1 aliphatic rings. The Labute approximate surface area is 96.1 Å². The van der Waals surface area contributed by atoms with Gasteiger partial charge in [-0.1, -0.05) is 36.6 Å². The van der Waals surface area contributed by atoms with Crippen LogP contribution in [0.4, 0.5) is 0 Å². The van der Waals surface area contributed by atoms with Crippen LogP contribution in [0.15, 0.2) is 24.3 Å². The molecule has 0 aromatic heterocycles. The Morgan fingerprint density at radius 2 is 2.00 bits per heavy atom. The molecule has 1 saturated carbocycles. The minimum Gasteiger partial charge on any atom is -0.393 e. The van der Waals surface area contributed by atoms with Gasteiger partial charge in [0, 0.05) is 5.02 Å². The Hall–Kier alpha value is -0.530. The number of hydrogen-bond donors (Lipinski definition) is 1. The molecular formula is C13H17ClO. The number of benzene rings is 1. The van der Waals surface area contributed by atoms with Crippen molar-refractivity contribution in [3.05, 3.63) is 34.9 Å². The molecule has 1 nitrogen and oxygen atoms in total. The minimum absolute atomic E-state index is 0.128. The lowest BCUT2D eigenvalue weighted by Gasteiger charge is -2.16. The average molecular weight is 225 g/mol. The number of aliphatic hydroxyl groups excluding tert-OH is 1. The van der Waals surface area contributed by atoms with Gasteiger partial charge in [-0.2, -0.15) is 0 Å². The predicted octanol–water partition coefficient (Wildman–Crippen LogP) is 3.75. The van der Waals surface area contributed by atoms with E-state index in [0.29, 0.717) is 5.92 Å². The third kappa shape index (κ3) is 2.96. The Morgan fingerprint density at radius 1 is 1.20 bits per heavy atom. The molecule has 0 aliphatic heterocycles. The van der Waals surface area contributed by atoms with Gasteiger partial charge in [0.25, 0.3) is 0 Å². The van der Waals surface area contributed by atoms with E-state index in [4.69, 9.17) is 11.6 Å². The van der Waals surface area contributed by atoms with Gasteiger partial charge in [0.2, 0.25) is 0 Å². The summed E-state index contributed by atoms with van der Waals surface area (Å²) in [7, 11) is 0. The molecule has 0 radical (unpaired) electrons. The van der Waals surface area contributed by atoms with Gasteiger partial charge in [0.15, 0.2) is 0 Å². The maximum absolute atomic E-state index is 9.76. The van der Waals surface area contributed by atoms with E-state index in [-0.39, 0.29) is 6.10 Å². The zero-order valence-corrected chi connectivity index (χ0v) is 9.58. The maximum Gasteiger partial charge on any atom is 0.0546 e. The van der Waals surface area contributed by atoms with Crippen LogP contribution in [0.3, 0.4) is 0 Å². The molecule has 1 aromatic rings. The second kappa shape index (κ2) is 5.00. The summed E-state index contributed by atoms with van der Waals surface area (Å²) < 4.78 is 0. The SMILES string of the molecule is OC1CCCCC(c2cccc(Cl)c2)C1. The van der Waals surface area contributed by atoms with Gasteiger partial charge in [0.1, 0.15) is 0 Å². The molecule has 2 atom stereocenters. The highest BCUT2D eigenvalue weighted by atomic mass is 35.5. The van der Waals surface area contributed by atoms with E-state index in [1.807, 2.05) is 18.2 Å². The summed E-state index contributed by atoms with van der Waals surface area (Å²) in [5.74, 6) is 0.487. The molecule has 82 valence electrons. The molecule has 2 unspecified atom stereocenters. The van der Waals surface area contributed by atoms with E-state index in [1.165, 1.54) is 18.4 Å². The van der Waals surface area contributed by atoms with Crippen molar-refractivity contribution < 1.29 is 5.11 Å². The molecule has 0 spiro atoms. The number of halogens is 1. The van der Waals surface area contributed by atoms with Crippen LogP contribution >= 0.6 is 11.6 Å². The van der Waals surface area contributed by atoms with Gasteiger partial charge in [-0.15, -0.1) is 0 Å². The van der Waals surface area contributed by atoms with Crippen molar-refractivity contribution in [3.8, 4) is 0 Å². The van der Waals surface area contributed by atoms with Gasteiger partial charge in [-0.3, -0.25) is 0 Å². The number of aliphatic hydroxyl groups is 1. The summed E-state index contributed by atoms with van der Waals surface area (Å²) in [6.45, 7) is 0. The first-order valence-corrected chi connectivity index (χ1v) is 6.07. The lowest BCUT2D eigenvalue weighted by atomic mass is 9.91. The van der Waals surface area contributed by atoms with Crippen molar-refractivity contribution in [3.63, 3.8) is 0 Å². The zero-order valence-electron chi connectivity index (χ0n) is 8.82. The van der Waals surface area contributed by atoms with Crippen LogP contribution in [-0.4, -0.2) is 11.2 Å². The summed E-state index contributed by atoms with van der Waals surface area (Å²) in [5.41, 5.74) is 1.28. The molecule has 1 N–H and O–H groups in total. The molecule has 1 aliphatic carbocycles. The molecule has 0 saturated heterocycles. The average Bonchev–Trinajstić information content (AvgIpc) is 2.43. The van der Waals surface area contributed by atoms with Crippen LogP contribution < -0.4 is 0 Å². The Balaban J connectivity index is 2.14. The summed E-state index contributed by atoms with van der Waals surface area (Å²) in [6.07, 6.45) is 5.26. The van der Waals surface area contributed by atoms with Crippen molar-refractivity contribution >= 4 is 11.6 Å². The Morgan fingerprint density at radius 3 is 2.80 bits per heavy atom. The highest BCUT2D eigenvalue weighted by Crippen LogP contribution is 2.32. The Bertz CT molecular complexity index is 324. The van der Waals surface area contributed by atoms with Gasteiger partial charge in [0.05, 0.1) is 6.10 Å². The van der Waals surface area contributed by atoms with E-state index in [2.05, 4.69) is 6.07 Å². The summed E-state index contributed by atoms with van der Waals surface area (Å²) in [6, 6.07) is 8.05. The normalized spacial score (nSPS) is 27.3. The van der Waals surface area contributed by atoms with Crippen LogP contribution in [0.1, 0.15) is 43.6 Å². The molecule has 2 heteroatoms. The standard InChI is InChI=1S/C13H17ClO/c14-12-6-3-5-10(8-12)11-4-1-2-7-13(15)9-11/h3,5-6,8,11,13,15H,1-2,4,7,9H2. The van der Waals surface area contributed by atoms with Crippen molar-refractivity contribution in [2.24, 2.45) is 0 Å². The van der Waals surface area contributed by atoms with Crippen LogP contribution in [0.2, 0.25) is 5.02 Å². The van der Waals surface area contributed by atoms with E-state index < -0.39 is 0 Å². The monoisotopic (exact) mass is 224 g/mol. The fourth-order valence-electron chi connectivity index (χ4n) is 2.40. The van der Waals surface area contributed by atoms with Crippen LogP contribution in [0, 0.1) is 0 Å². The largest absolute Gasteiger partial charge is 0.393 e. The first-order valence-electron chi connectivity index (χ1n) is 5.69. The molecular weight excluding hydrogens is 208 g/mol. The molecule has 0 heterocycles. The summed E-state index contributed by atoms with van der Waals surface area (Å²) in [4.78, 5) is 0. The van der Waals surface area contributed by atoms with E-state index >= 15 is 0 Å². The smallest absolute Gasteiger partial charge is 0.0546 e. The lowest BCUT2D eigenvalue weighted by molar-refractivity contribution is 0.152. The zero-order chi connectivity index (χ0) is 10.7. The molecule has 1 fully saturated rings. The van der Waals surface area contributed by atoms with Crippen LogP contribution in [-0.2, 0) is 0 Å². The fraction of sp³-hybridized carbons (Fsp3) is 0.538. The molecule has 1 aromatic carbocycles. The van der Waals surface area contributed by atoms with Gasteiger partial charge in [-0.25, -0.2) is 0 Å². The summed E-state index contributed by atoms with van der Waals surface area (Å²) >= 11 is 5.98. The van der Waals surface area contributed by atoms with Crippen molar-refractivity contribution in [1.82, 2.24) is 0 Å². The number of hydrogen-bond acceptors (Lipinski definition) is 1. The second-order valence-electron chi connectivity index (χ2n) is 4.43. The Kier molecular flexibility index (Phi) is 3.66. The first kappa shape index (κ1) is 11.0. The fourth-order valence-corrected chi connectivity index (χ4v) is 2.60. The molecule has 15 heavy (non-hydrogen) atoms. The first-order chi connectivity index (χ1) is 7.25. The highest BCUT2D eigenvalue weighted by Gasteiger charge is 2.19. The molecule has 2 rings (SSSR count). The third-order valence-electron chi connectivity index (χ3n) is 3.22. The maximum atomic E-state index is 9.76. The third-order valence-corrected chi connectivity index (χ3v) is 3.45. The van der Waals surface area contributed by atoms with Gasteiger partial charge < -0.3 is 5.11 Å². The lowest BCUT2D eigenvalue weighted by Crippen LogP contribution is -2.09. The van der Waals surface area contributed by atoms with Crippen LogP contribution in [0.5, 0.6) is 0 Å². The summed E-state index contributed by atoms with van der Waals surface area (Å²) in [5, 5.41) is 10.6. The van der Waals surface area contributed by atoms with E-state index in [9.17, 15) is 5.11 Å². The van der Waals surface area contributed by atoms with Crippen molar-refractivity contribution in [2.75, 3.05) is 0 Å². The minimum atomic E-state index is -0.128.